The molecule has 0 radical (unpaired) electrons. The zero-order valence-corrected chi connectivity index (χ0v) is 17.1. The molecule has 1 heterocycles. The van der Waals surface area contributed by atoms with E-state index >= 15 is 0 Å². The van der Waals surface area contributed by atoms with Crippen LogP contribution in [-0.2, 0) is 16.9 Å². The molecule has 1 amide bonds. The second-order valence-electron chi connectivity index (χ2n) is 8.22. The second kappa shape index (κ2) is 8.44. The number of rotatable bonds is 8. The van der Waals surface area contributed by atoms with Crippen molar-refractivity contribution in [3.63, 3.8) is 0 Å². The van der Waals surface area contributed by atoms with Crippen LogP contribution in [0.3, 0.4) is 0 Å². The van der Waals surface area contributed by atoms with Crippen molar-refractivity contribution in [2.24, 2.45) is 0 Å². The third-order valence-electron chi connectivity index (χ3n) is 4.62. The summed E-state index contributed by atoms with van der Waals surface area (Å²) in [6, 6.07) is 8.24. The molecule has 1 aromatic carbocycles. The number of aromatic nitrogens is 2. The van der Waals surface area contributed by atoms with Crippen LogP contribution in [0, 0.1) is 0 Å². The minimum atomic E-state index is -0.102. The maximum absolute atomic E-state index is 11.8. The fourth-order valence-electron chi connectivity index (χ4n) is 2.89. The Morgan fingerprint density at radius 1 is 1.30 bits per heavy atom. The molecule has 1 saturated carbocycles. The topological polar surface area (TPSA) is 59.0 Å². The lowest BCUT2D eigenvalue weighted by atomic mass is 10.1. The quantitative estimate of drug-likeness (QED) is 0.669. The summed E-state index contributed by atoms with van der Waals surface area (Å²) in [5.74, 6) is 0.164. The first-order valence-corrected chi connectivity index (χ1v) is 10.1. The van der Waals surface area contributed by atoms with Crippen LogP contribution in [0.4, 0.5) is 0 Å². The van der Waals surface area contributed by atoms with Gasteiger partial charge in [-0.15, -0.1) is 0 Å². The van der Waals surface area contributed by atoms with Gasteiger partial charge in [0.1, 0.15) is 0 Å². The van der Waals surface area contributed by atoms with E-state index in [1.807, 2.05) is 28.9 Å². The van der Waals surface area contributed by atoms with Crippen molar-refractivity contribution in [1.82, 2.24) is 20.4 Å². The summed E-state index contributed by atoms with van der Waals surface area (Å²) in [4.78, 5) is 11.8. The summed E-state index contributed by atoms with van der Waals surface area (Å²) in [6.45, 7) is 7.88. The Morgan fingerprint density at radius 2 is 2.04 bits per heavy atom. The highest BCUT2D eigenvalue weighted by Gasteiger charge is 2.23. The van der Waals surface area contributed by atoms with E-state index in [-0.39, 0.29) is 11.4 Å². The minimum absolute atomic E-state index is 0.102. The average molecular weight is 389 g/mol. The van der Waals surface area contributed by atoms with Gasteiger partial charge in [0.25, 0.3) is 0 Å². The number of halogens is 1. The van der Waals surface area contributed by atoms with Crippen LogP contribution in [0.1, 0.15) is 52.0 Å². The van der Waals surface area contributed by atoms with Crippen molar-refractivity contribution in [2.75, 3.05) is 6.54 Å². The molecule has 1 aliphatic rings. The van der Waals surface area contributed by atoms with Crippen molar-refractivity contribution >= 4 is 17.5 Å². The van der Waals surface area contributed by atoms with Gasteiger partial charge in [-0.25, -0.2) is 0 Å². The van der Waals surface area contributed by atoms with Gasteiger partial charge in [-0.1, -0.05) is 29.8 Å². The van der Waals surface area contributed by atoms with Crippen molar-refractivity contribution in [1.29, 1.82) is 0 Å². The molecule has 27 heavy (non-hydrogen) atoms. The summed E-state index contributed by atoms with van der Waals surface area (Å²) >= 11 is 6.41. The number of carbonyl (C=O) groups is 1. The Hall–Kier alpha value is -1.85. The highest BCUT2D eigenvalue weighted by molar-refractivity contribution is 6.33. The molecule has 3 rings (SSSR count). The summed E-state index contributed by atoms with van der Waals surface area (Å²) < 4.78 is 1.99. The number of amides is 1. The second-order valence-corrected chi connectivity index (χ2v) is 8.63. The molecular weight excluding hydrogens is 360 g/mol. The number of hydrogen-bond acceptors (Lipinski definition) is 3. The van der Waals surface area contributed by atoms with Crippen LogP contribution in [0.5, 0.6) is 0 Å². The zero-order chi connectivity index (χ0) is 19.4. The van der Waals surface area contributed by atoms with E-state index in [9.17, 15) is 4.79 Å². The summed E-state index contributed by atoms with van der Waals surface area (Å²) in [6.07, 6.45) is 5.75. The molecule has 2 N–H and O–H groups in total. The Balaban J connectivity index is 1.62. The van der Waals surface area contributed by atoms with E-state index in [1.165, 1.54) is 0 Å². The van der Waals surface area contributed by atoms with Crippen molar-refractivity contribution in [3.8, 4) is 11.3 Å². The van der Waals surface area contributed by atoms with Crippen LogP contribution in [-0.4, -0.2) is 28.3 Å². The molecular formula is C21H29ClN4O. The third kappa shape index (κ3) is 5.56. The largest absolute Gasteiger partial charge is 0.353 e. The van der Waals surface area contributed by atoms with Gasteiger partial charge < -0.3 is 10.6 Å². The Labute approximate surface area is 166 Å². The molecule has 146 valence electrons. The molecule has 0 unspecified atom stereocenters. The van der Waals surface area contributed by atoms with E-state index in [4.69, 9.17) is 16.7 Å². The number of benzene rings is 1. The van der Waals surface area contributed by atoms with Gasteiger partial charge in [-0.05, 0) is 52.6 Å². The van der Waals surface area contributed by atoms with Crippen LogP contribution in [0.15, 0.2) is 30.5 Å². The number of nitrogens with zero attached hydrogens (tertiary/aromatic N) is 2. The molecule has 6 heteroatoms. The van der Waals surface area contributed by atoms with Gasteiger partial charge in [0.05, 0.1) is 16.3 Å². The number of carbonyl (C=O) groups excluding carboxylic acids is 1. The van der Waals surface area contributed by atoms with Crippen LogP contribution in [0.25, 0.3) is 11.3 Å². The van der Waals surface area contributed by atoms with E-state index in [1.54, 1.807) is 0 Å². The average Bonchev–Trinajstić information content (AvgIpc) is 3.30. The van der Waals surface area contributed by atoms with Gasteiger partial charge >= 0.3 is 0 Å². The highest BCUT2D eigenvalue weighted by Crippen LogP contribution is 2.30. The monoisotopic (exact) mass is 388 g/mol. The van der Waals surface area contributed by atoms with E-state index < -0.39 is 0 Å². The van der Waals surface area contributed by atoms with Gasteiger partial charge in [-0.3, -0.25) is 9.48 Å². The van der Waals surface area contributed by atoms with Gasteiger partial charge in [0.15, 0.2) is 0 Å². The van der Waals surface area contributed by atoms with Crippen LogP contribution in [0.2, 0.25) is 5.02 Å². The summed E-state index contributed by atoms with van der Waals surface area (Å²) in [5, 5.41) is 12.0. The molecule has 2 aromatic rings. The SMILES string of the molecule is CC(C)(C)n1cc(CNCCCC(=O)NC2CC2)c(-c2ccccc2Cl)n1. The summed E-state index contributed by atoms with van der Waals surface area (Å²) in [5.41, 5.74) is 2.87. The smallest absolute Gasteiger partial charge is 0.220 e. The van der Waals surface area contributed by atoms with E-state index in [0.717, 1.165) is 42.6 Å². The predicted octanol–water partition coefficient (Wildman–Crippen LogP) is 4.11. The molecule has 1 aliphatic carbocycles. The first-order valence-electron chi connectivity index (χ1n) is 9.68. The Bertz CT molecular complexity index is 790. The molecule has 0 saturated heterocycles. The number of nitrogens with one attached hydrogen (secondary N) is 2. The zero-order valence-electron chi connectivity index (χ0n) is 16.4. The lowest BCUT2D eigenvalue weighted by Crippen LogP contribution is -2.26. The fourth-order valence-corrected chi connectivity index (χ4v) is 3.11. The van der Waals surface area contributed by atoms with Crippen molar-refractivity contribution in [3.05, 3.63) is 41.0 Å². The first-order chi connectivity index (χ1) is 12.8. The van der Waals surface area contributed by atoms with Gasteiger partial charge in [0.2, 0.25) is 5.91 Å². The predicted molar refractivity (Wildman–Crippen MR) is 110 cm³/mol. The molecule has 0 aliphatic heterocycles. The molecule has 0 spiro atoms. The lowest BCUT2D eigenvalue weighted by Gasteiger charge is -2.18. The molecule has 5 nitrogen and oxygen atoms in total. The fraction of sp³-hybridized carbons (Fsp3) is 0.524. The Morgan fingerprint density at radius 3 is 2.70 bits per heavy atom. The standard InChI is InChI=1S/C21H29ClN4O/c1-21(2,3)26-14-15(20(25-26)17-7-4-5-8-18(17)22)13-23-12-6-9-19(27)24-16-10-11-16/h4-5,7-8,14,16,23H,6,9-13H2,1-3H3,(H,24,27). The molecule has 0 atom stereocenters. The minimum Gasteiger partial charge on any atom is -0.353 e. The summed E-state index contributed by atoms with van der Waals surface area (Å²) in [7, 11) is 0. The molecule has 1 fully saturated rings. The van der Waals surface area contributed by atoms with E-state index in [0.29, 0.717) is 24.0 Å². The first kappa shape index (κ1) is 19.9. The number of hydrogen-bond donors (Lipinski definition) is 2. The van der Waals surface area contributed by atoms with Gasteiger partial charge in [-0.2, -0.15) is 5.10 Å². The third-order valence-corrected chi connectivity index (χ3v) is 4.95. The highest BCUT2D eigenvalue weighted by atomic mass is 35.5. The maximum atomic E-state index is 11.8. The molecule has 1 aromatic heterocycles. The lowest BCUT2D eigenvalue weighted by molar-refractivity contribution is -0.121. The van der Waals surface area contributed by atoms with Crippen LogP contribution < -0.4 is 10.6 Å². The van der Waals surface area contributed by atoms with E-state index in [2.05, 4.69) is 37.6 Å². The Kier molecular flexibility index (Phi) is 6.22. The molecule has 0 bridgehead atoms. The van der Waals surface area contributed by atoms with Crippen LogP contribution >= 0.6 is 11.6 Å². The normalized spacial score (nSPS) is 14.4. The van der Waals surface area contributed by atoms with Crippen molar-refractivity contribution in [2.45, 2.75) is 64.6 Å². The van der Waals surface area contributed by atoms with Gasteiger partial charge in [0, 0.05) is 36.3 Å². The van der Waals surface area contributed by atoms with Crippen molar-refractivity contribution < 1.29 is 4.79 Å². The maximum Gasteiger partial charge on any atom is 0.220 e.